The van der Waals surface area contributed by atoms with E-state index in [1.54, 1.807) is 0 Å². The maximum Gasteiger partial charge on any atom is 0.163 e. The highest BCUT2D eigenvalue weighted by Crippen LogP contribution is 2.31. The maximum atomic E-state index is 11.7. The minimum absolute atomic E-state index is 0.170. The lowest BCUT2D eigenvalue weighted by molar-refractivity contribution is 0.0994. The third kappa shape index (κ3) is 3.01. The van der Waals surface area contributed by atoms with E-state index in [0.717, 1.165) is 27.6 Å². The quantitative estimate of drug-likeness (QED) is 0.918. The first-order valence-corrected chi connectivity index (χ1v) is 7.66. The van der Waals surface area contributed by atoms with Crippen molar-refractivity contribution in [2.75, 3.05) is 6.61 Å². The van der Waals surface area contributed by atoms with Crippen LogP contribution in [0.25, 0.3) is 0 Å². The first-order chi connectivity index (χ1) is 10.1. The highest BCUT2D eigenvalue weighted by molar-refractivity contribution is 9.10. The van der Waals surface area contributed by atoms with E-state index in [0.29, 0.717) is 12.2 Å². The normalized spacial score (nSPS) is 14.9. The summed E-state index contributed by atoms with van der Waals surface area (Å²) in [4.78, 5) is 11.7. The lowest BCUT2D eigenvalue weighted by Crippen LogP contribution is -2.10. The van der Waals surface area contributed by atoms with Crippen LogP contribution in [0.4, 0.5) is 0 Å². The van der Waals surface area contributed by atoms with Gasteiger partial charge in [0.2, 0.25) is 0 Å². The summed E-state index contributed by atoms with van der Waals surface area (Å²) >= 11 is 3.36. The van der Waals surface area contributed by atoms with Crippen molar-refractivity contribution in [3.05, 3.63) is 63.6 Å². The summed E-state index contributed by atoms with van der Waals surface area (Å²) in [5, 5.41) is 10.2. The van der Waals surface area contributed by atoms with Crippen LogP contribution in [-0.2, 0) is 6.42 Å². The number of benzene rings is 2. The van der Waals surface area contributed by atoms with Crippen LogP contribution in [0.15, 0.2) is 46.9 Å². The van der Waals surface area contributed by atoms with Crippen molar-refractivity contribution in [3.63, 3.8) is 0 Å². The molecule has 108 valence electrons. The Kier molecular flexibility index (Phi) is 4.08. The van der Waals surface area contributed by atoms with E-state index >= 15 is 0 Å². The van der Waals surface area contributed by atoms with Gasteiger partial charge in [0.1, 0.15) is 18.5 Å². The number of carbonyl (C=O) groups is 1. The number of hydrogen-bond donors (Lipinski definition) is 1. The molecule has 4 heteroatoms. The molecule has 1 N–H and O–H groups in total. The van der Waals surface area contributed by atoms with Crippen LogP contribution in [-0.4, -0.2) is 17.5 Å². The molecule has 3 rings (SSSR count). The van der Waals surface area contributed by atoms with Crippen LogP contribution in [0.2, 0.25) is 0 Å². The van der Waals surface area contributed by atoms with Gasteiger partial charge in [0, 0.05) is 22.0 Å². The molecule has 0 bridgehead atoms. The summed E-state index contributed by atoms with van der Waals surface area (Å²) in [6.07, 6.45) is 0.579. The van der Waals surface area contributed by atoms with Gasteiger partial charge in [-0.2, -0.15) is 0 Å². The van der Waals surface area contributed by atoms with Crippen LogP contribution in [0, 0.1) is 0 Å². The average molecular weight is 347 g/mol. The van der Waals surface area contributed by atoms with Gasteiger partial charge in [-0.1, -0.05) is 40.2 Å². The van der Waals surface area contributed by atoms with E-state index in [4.69, 9.17) is 4.74 Å². The van der Waals surface area contributed by atoms with E-state index in [9.17, 15) is 9.90 Å². The molecule has 0 aromatic heterocycles. The number of hydrogen-bond acceptors (Lipinski definition) is 3. The molecular formula is C17H15BrO3. The molecule has 0 heterocycles. The van der Waals surface area contributed by atoms with Crippen molar-refractivity contribution in [3.8, 4) is 5.75 Å². The molecule has 1 aliphatic carbocycles. The molecule has 1 unspecified atom stereocenters. The maximum absolute atomic E-state index is 11.7. The summed E-state index contributed by atoms with van der Waals surface area (Å²) in [5.41, 5.74) is 2.53. The Hall–Kier alpha value is -1.65. The lowest BCUT2D eigenvalue weighted by atomic mass is 10.1. The Balaban J connectivity index is 1.71. The minimum atomic E-state index is -0.689. The Bertz CT molecular complexity index is 664. The first kappa shape index (κ1) is 14.3. The van der Waals surface area contributed by atoms with E-state index in [-0.39, 0.29) is 12.4 Å². The molecule has 1 aliphatic rings. The van der Waals surface area contributed by atoms with Crippen LogP contribution in [0.5, 0.6) is 5.75 Å². The van der Waals surface area contributed by atoms with Crippen molar-refractivity contribution >= 4 is 21.7 Å². The van der Waals surface area contributed by atoms with Crippen molar-refractivity contribution in [1.29, 1.82) is 0 Å². The fourth-order valence-electron chi connectivity index (χ4n) is 2.54. The lowest BCUT2D eigenvalue weighted by Gasteiger charge is -2.15. The minimum Gasteiger partial charge on any atom is -0.490 e. The van der Waals surface area contributed by atoms with Gasteiger partial charge >= 0.3 is 0 Å². The number of ether oxygens (including phenoxy) is 1. The Morgan fingerprint density at radius 1 is 1.14 bits per heavy atom. The number of carbonyl (C=O) groups excluding carboxylic acids is 1. The molecule has 2 aromatic carbocycles. The van der Waals surface area contributed by atoms with Crippen LogP contribution in [0.3, 0.4) is 0 Å². The number of ketones is 1. The van der Waals surface area contributed by atoms with Gasteiger partial charge in [-0.15, -0.1) is 0 Å². The van der Waals surface area contributed by atoms with Gasteiger partial charge in [-0.25, -0.2) is 0 Å². The first-order valence-electron chi connectivity index (χ1n) is 6.86. The molecule has 2 aromatic rings. The zero-order valence-corrected chi connectivity index (χ0v) is 13.0. The summed E-state index contributed by atoms with van der Waals surface area (Å²) < 4.78 is 6.70. The third-order valence-electron chi connectivity index (χ3n) is 3.69. The zero-order valence-electron chi connectivity index (χ0n) is 11.4. The second-order valence-electron chi connectivity index (χ2n) is 5.08. The molecule has 0 saturated heterocycles. The molecule has 0 amide bonds. The molecule has 1 atom stereocenters. The second kappa shape index (κ2) is 6.00. The highest BCUT2D eigenvalue weighted by Gasteiger charge is 2.23. The molecule has 21 heavy (non-hydrogen) atoms. The van der Waals surface area contributed by atoms with Crippen molar-refractivity contribution < 1.29 is 14.6 Å². The second-order valence-corrected chi connectivity index (χ2v) is 6.00. The van der Waals surface area contributed by atoms with Gasteiger partial charge < -0.3 is 9.84 Å². The fraction of sp³-hybridized carbons (Fsp3) is 0.235. The van der Waals surface area contributed by atoms with Crippen molar-refractivity contribution in [1.82, 2.24) is 0 Å². The summed E-state index contributed by atoms with van der Waals surface area (Å²) in [5.74, 6) is 0.874. The van der Waals surface area contributed by atoms with Gasteiger partial charge in [0.15, 0.2) is 5.78 Å². The SMILES string of the molecule is O=C1CCc2c(OCC(O)c3ccc(Br)cc3)cccc21. The average Bonchev–Trinajstić information content (AvgIpc) is 2.88. The van der Waals surface area contributed by atoms with E-state index in [1.165, 1.54) is 0 Å². The number of halogens is 1. The smallest absolute Gasteiger partial charge is 0.163 e. The van der Waals surface area contributed by atoms with E-state index < -0.39 is 6.10 Å². The molecule has 0 spiro atoms. The molecular weight excluding hydrogens is 332 g/mol. The van der Waals surface area contributed by atoms with Crippen LogP contribution >= 0.6 is 15.9 Å². The number of fused-ring (bicyclic) bond motifs is 1. The molecule has 3 nitrogen and oxygen atoms in total. The Morgan fingerprint density at radius 2 is 1.90 bits per heavy atom. The van der Waals surface area contributed by atoms with E-state index in [1.807, 2.05) is 42.5 Å². The number of Topliss-reactive ketones (excluding diaryl/α,β-unsaturated/α-hetero) is 1. The fourth-order valence-corrected chi connectivity index (χ4v) is 2.81. The van der Waals surface area contributed by atoms with Crippen LogP contribution in [0.1, 0.15) is 34.0 Å². The summed E-state index contributed by atoms with van der Waals surface area (Å²) in [6, 6.07) is 13.0. The number of rotatable bonds is 4. The van der Waals surface area contributed by atoms with Crippen molar-refractivity contribution in [2.45, 2.75) is 18.9 Å². The Labute approximate surface area is 131 Å². The topological polar surface area (TPSA) is 46.5 Å². The van der Waals surface area contributed by atoms with Crippen LogP contribution < -0.4 is 4.74 Å². The van der Waals surface area contributed by atoms with Crippen molar-refractivity contribution in [2.24, 2.45) is 0 Å². The van der Waals surface area contributed by atoms with Gasteiger partial charge in [-0.3, -0.25) is 4.79 Å². The third-order valence-corrected chi connectivity index (χ3v) is 4.22. The Morgan fingerprint density at radius 3 is 2.67 bits per heavy atom. The van der Waals surface area contributed by atoms with Gasteiger partial charge in [-0.05, 0) is 30.2 Å². The monoisotopic (exact) mass is 346 g/mol. The molecule has 0 fully saturated rings. The highest BCUT2D eigenvalue weighted by atomic mass is 79.9. The summed E-state index contributed by atoms with van der Waals surface area (Å²) in [6.45, 7) is 0.173. The van der Waals surface area contributed by atoms with Gasteiger partial charge in [0.25, 0.3) is 0 Å². The van der Waals surface area contributed by atoms with E-state index in [2.05, 4.69) is 15.9 Å². The molecule has 0 saturated carbocycles. The molecule has 0 aliphatic heterocycles. The standard InChI is InChI=1S/C17H15BrO3/c18-12-6-4-11(5-7-12)16(20)10-21-17-3-1-2-13-14(17)8-9-15(13)19/h1-7,16,20H,8-10H2. The zero-order chi connectivity index (χ0) is 14.8. The molecule has 0 radical (unpaired) electrons. The number of aliphatic hydroxyl groups is 1. The summed E-state index contributed by atoms with van der Waals surface area (Å²) in [7, 11) is 0. The predicted octanol–water partition coefficient (Wildman–Crippen LogP) is 3.69. The number of aliphatic hydroxyl groups excluding tert-OH is 1. The van der Waals surface area contributed by atoms with Gasteiger partial charge in [0.05, 0.1) is 0 Å². The predicted molar refractivity (Wildman–Crippen MR) is 83.7 cm³/mol. The largest absolute Gasteiger partial charge is 0.490 e.